The van der Waals surface area contributed by atoms with Crippen molar-refractivity contribution in [2.75, 3.05) is 13.1 Å². The van der Waals surface area contributed by atoms with Crippen LogP contribution in [0.5, 0.6) is 0 Å². The van der Waals surface area contributed by atoms with Crippen molar-refractivity contribution in [2.45, 2.75) is 45.1 Å². The Bertz CT molecular complexity index is 437. The van der Waals surface area contributed by atoms with Crippen molar-refractivity contribution in [3.05, 3.63) is 35.6 Å². The van der Waals surface area contributed by atoms with E-state index in [0.29, 0.717) is 5.56 Å². The van der Waals surface area contributed by atoms with Gasteiger partial charge in [0.05, 0.1) is 5.54 Å². The Morgan fingerprint density at radius 1 is 1.21 bits per heavy atom. The third-order valence-corrected chi connectivity index (χ3v) is 4.34. The van der Waals surface area contributed by atoms with Crippen LogP contribution in [0, 0.1) is 5.82 Å². The highest BCUT2D eigenvalue weighted by Gasteiger charge is 2.38. The predicted octanol–water partition coefficient (Wildman–Crippen LogP) is 3.66. The summed E-state index contributed by atoms with van der Waals surface area (Å²) in [6, 6.07) is 5.91. The molecule has 19 heavy (non-hydrogen) atoms. The van der Waals surface area contributed by atoms with E-state index in [9.17, 15) is 9.18 Å². The lowest BCUT2D eigenvalue weighted by molar-refractivity contribution is 0.0505. The van der Waals surface area contributed by atoms with Crippen LogP contribution in [-0.4, -0.2) is 29.3 Å². The number of Topliss-reactive ketones (excluding diaryl/α,β-unsaturated/α-hetero) is 1. The van der Waals surface area contributed by atoms with E-state index < -0.39 is 5.54 Å². The third-order valence-electron chi connectivity index (χ3n) is 4.34. The molecular formula is C16H22FNO. The minimum atomic E-state index is -0.460. The van der Waals surface area contributed by atoms with Crippen molar-refractivity contribution in [3.8, 4) is 0 Å². The molecule has 1 saturated heterocycles. The van der Waals surface area contributed by atoms with Crippen molar-refractivity contribution in [3.63, 3.8) is 0 Å². The fraction of sp³-hybridized carbons (Fsp3) is 0.562. The Kier molecular flexibility index (Phi) is 4.35. The average molecular weight is 263 g/mol. The number of ketones is 1. The van der Waals surface area contributed by atoms with E-state index in [0.717, 1.165) is 32.4 Å². The van der Waals surface area contributed by atoms with Gasteiger partial charge in [-0.05, 0) is 63.5 Å². The first kappa shape index (κ1) is 14.2. The zero-order chi connectivity index (χ0) is 13.9. The zero-order valence-electron chi connectivity index (χ0n) is 11.8. The Labute approximate surface area is 114 Å². The summed E-state index contributed by atoms with van der Waals surface area (Å²) < 4.78 is 13.0. The number of carbonyl (C=O) groups is 1. The molecule has 1 unspecified atom stereocenters. The summed E-state index contributed by atoms with van der Waals surface area (Å²) in [5.41, 5.74) is 0.148. The van der Waals surface area contributed by atoms with Gasteiger partial charge in [0.1, 0.15) is 5.82 Å². The van der Waals surface area contributed by atoms with Gasteiger partial charge in [-0.1, -0.05) is 13.3 Å². The minimum Gasteiger partial charge on any atom is -0.292 e. The molecule has 1 atom stereocenters. The van der Waals surface area contributed by atoms with E-state index in [-0.39, 0.29) is 11.6 Å². The normalized spacial score (nSPS) is 19.9. The number of halogens is 1. The quantitative estimate of drug-likeness (QED) is 0.773. The van der Waals surface area contributed by atoms with Crippen LogP contribution in [0.25, 0.3) is 0 Å². The number of piperidine rings is 1. The lowest BCUT2D eigenvalue weighted by Gasteiger charge is -2.41. The molecule has 0 bridgehead atoms. The van der Waals surface area contributed by atoms with E-state index in [1.807, 2.05) is 6.92 Å². The summed E-state index contributed by atoms with van der Waals surface area (Å²) in [5, 5.41) is 0. The van der Waals surface area contributed by atoms with Gasteiger partial charge in [0.15, 0.2) is 5.78 Å². The molecule has 1 fully saturated rings. The molecule has 3 heteroatoms. The van der Waals surface area contributed by atoms with Gasteiger partial charge in [0, 0.05) is 5.56 Å². The number of hydrogen-bond acceptors (Lipinski definition) is 2. The Balaban J connectivity index is 2.24. The maximum absolute atomic E-state index is 13.0. The maximum Gasteiger partial charge on any atom is 0.182 e. The third kappa shape index (κ3) is 2.86. The second-order valence-corrected chi connectivity index (χ2v) is 5.51. The van der Waals surface area contributed by atoms with Gasteiger partial charge >= 0.3 is 0 Å². The molecule has 1 aliphatic rings. The van der Waals surface area contributed by atoms with Gasteiger partial charge < -0.3 is 0 Å². The number of likely N-dealkylation sites (tertiary alicyclic amines) is 1. The maximum atomic E-state index is 13.0. The fourth-order valence-corrected chi connectivity index (χ4v) is 2.83. The SMILES string of the molecule is CCC(C)(C(=O)c1ccc(F)cc1)N1CCCCC1. The molecule has 1 aromatic rings. The smallest absolute Gasteiger partial charge is 0.182 e. The monoisotopic (exact) mass is 263 g/mol. The van der Waals surface area contributed by atoms with Crippen LogP contribution in [0.2, 0.25) is 0 Å². The van der Waals surface area contributed by atoms with Gasteiger partial charge in [0.2, 0.25) is 0 Å². The Morgan fingerprint density at radius 3 is 2.32 bits per heavy atom. The van der Waals surface area contributed by atoms with Crippen molar-refractivity contribution in [2.24, 2.45) is 0 Å². The second kappa shape index (κ2) is 5.83. The summed E-state index contributed by atoms with van der Waals surface area (Å²) in [6.45, 7) is 6.04. The van der Waals surface area contributed by atoms with Crippen molar-refractivity contribution in [1.29, 1.82) is 0 Å². The zero-order valence-corrected chi connectivity index (χ0v) is 11.8. The number of carbonyl (C=O) groups excluding carboxylic acids is 1. The summed E-state index contributed by atoms with van der Waals surface area (Å²) in [7, 11) is 0. The highest BCUT2D eigenvalue weighted by molar-refractivity contribution is 6.02. The van der Waals surface area contributed by atoms with E-state index in [2.05, 4.69) is 11.8 Å². The van der Waals surface area contributed by atoms with Crippen LogP contribution in [0.1, 0.15) is 49.9 Å². The number of benzene rings is 1. The van der Waals surface area contributed by atoms with Crippen molar-refractivity contribution in [1.82, 2.24) is 4.90 Å². The molecule has 0 spiro atoms. The molecule has 1 aromatic carbocycles. The second-order valence-electron chi connectivity index (χ2n) is 5.51. The Morgan fingerprint density at radius 2 is 1.79 bits per heavy atom. The Hall–Kier alpha value is -1.22. The van der Waals surface area contributed by atoms with Gasteiger partial charge in [-0.15, -0.1) is 0 Å². The molecule has 0 radical (unpaired) electrons. The van der Waals surface area contributed by atoms with Crippen LogP contribution in [0.4, 0.5) is 4.39 Å². The van der Waals surface area contributed by atoms with Crippen LogP contribution >= 0.6 is 0 Å². The summed E-state index contributed by atoms with van der Waals surface area (Å²) in [5.74, 6) is -0.190. The molecular weight excluding hydrogens is 241 g/mol. The summed E-state index contributed by atoms with van der Waals surface area (Å²) >= 11 is 0. The molecule has 2 rings (SSSR count). The first-order chi connectivity index (χ1) is 9.08. The van der Waals surface area contributed by atoms with Crippen molar-refractivity contribution < 1.29 is 9.18 Å². The van der Waals surface area contributed by atoms with E-state index in [1.165, 1.54) is 18.6 Å². The molecule has 1 heterocycles. The highest BCUT2D eigenvalue weighted by Crippen LogP contribution is 2.28. The van der Waals surface area contributed by atoms with E-state index in [1.54, 1.807) is 12.1 Å². The number of nitrogens with zero attached hydrogens (tertiary/aromatic N) is 1. The first-order valence-corrected chi connectivity index (χ1v) is 7.13. The number of rotatable bonds is 4. The number of hydrogen-bond donors (Lipinski definition) is 0. The standard InChI is InChI=1S/C16H22FNO/c1-3-16(2,18-11-5-4-6-12-18)15(19)13-7-9-14(17)10-8-13/h7-10H,3-6,11-12H2,1-2H3. The average Bonchev–Trinajstić information content (AvgIpc) is 2.47. The fourth-order valence-electron chi connectivity index (χ4n) is 2.83. The van der Waals surface area contributed by atoms with Crippen molar-refractivity contribution >= 4 is 5.78 Å². The molecule has 0 N–H and O–H groups in total. The van der Waals surface area contributed by atoms with E-state index in [4.69, 9.17) is 0 Å². The van der Waals surface area contributed by atoms with Crippen LogP contribution in [0.15, 0.2) is 24.3 Å². The summed E-state index contributed by atoms with van der Waals surface area (Å²) in [6.07, 6.45) is 4.35. The molecule has 0 aromatic heterocycles. The minimum absolute atomic E-state index is 0.108. The van der Waals surface area contributed by atoms with Crippen LogP contribution < -0.4 is 0 Å². The molecule has 2 nitrogen and oxygen atoms in total. The van der Waals surface area contributed by atoms with Gasteiger partial charge in [-0.3, -0.25) is 9.69 Å². The highest BCUT2D eigenvalue weighted by atomic mass is 19.1. The molecule has 0 amide bonds. The first-order valence-electron chi connectivity index (χ1n) is 7.13. The molecule has 1 aliphatic heterocycles. The topological polar surface area (TPSA) is 20.3 Å². The van der Waals surface area contributed by atoms with Gasteiger partial charge in [-0.2, -0.15) is 0 Å². The summed E-state index contributed by atoms with van der Waals surface area (Å²) in [4.78, 5) is 15.0. The lowest BCUT2D eigenvalue weighted by Crippen LogP contribution is -2.53. The molecule has 104 valence electrons. The van der Waals surface area contributed by atoms with Gasteiger partial charge in [0.25, 0.3) is 0 Å². The van der Waals surface area contributed by atoms with Gasteiger partial charge in [-0.25, -0.2) is 4.39 Å². The van der Waals surface area contributed by atoms with E-state index >= 15 is 0 Å². The lowest BCUT2D eigenvalue weighted by atomic mass is 9.85. The molecule has 0 aliphatic carbocycles. The van der Waals surface area contributed by atoms with Crippen LogP contribution in [0.3, 0.4) is 0 Å². The van der Waals surface area contributed by atoms with Crippen LogP contribution in [-0.2, 0) is 0 Å². The molecule has 0 saturated carbocycles. The predicted molar refractivity (Wildman–Crippen MR) is 74.9 cm³/mol. The largest absolute Gasteiger partial charge is 0.292 e.